The summed E-state index contributed by atoms with van der Waals surface area (Å²) in [5.74, 6) is 1.36. The third-order valence-corrected chi connectivity index (χ3v) is 7.26. The zero-order chi connectivity index (χ0) is 24.9. The number of aromatic nitrogens is 2. The zero-order valence-electron chi connectivity index (χ0n) is 21.4. The predicted octanol–water partition coefficient (Wildman–Crippen LogP) is 2.37. The van der Waals surface area contributed by atoms with Crippen LogP contribution in [0.5, 0.6) is 0 Å². The molecule has 1 aromatic carbocycles. The van der Waals surface area contributed by atoms with E-state index in [0.29, 0.717) is 18.4 Å². The Balaban J connectivity index is 1.42. The average molecular weight is 483 g/mol. The first-order valence-electron chi connectivity index (χ1n) is 12.7. The molecule has 2 aromatic rings. The Hall–Kier alpha value is -2.78. The summed E-state index contributed by atoms with van der Waals surface area (Å²) in [6.45, 7) is 12.0. The summed E-state index contributed by atoms with van der Waals surface area (Å²) < 4.78 is 5.01. The molecule has 1 amide bonds. The molecule has 2 saturated heterocycles. The molecule has 4 rings (SSSR count). The highest BCUT2D eigenvalue weighted by Gasteiger charge is 2.29. The number of nitrogens with one attached hydrogen (secondary N) is 1. The summed E-state index contributed by atoms with van der Waals surface area (Å²) >= 11 is 0. The molecular formula is C26H38N6O3. The normalized spacial score (nSPS) is 19.2. The highest BCUT2D eigenvalue weighted by atomic mass is 16.5. The Morgan fingerprint density at radius 3 is 2.37 bits per heavy atom. The van der Waals surface area contributed by atoms with Crippen molar-refractivity contribution < 1.29 is 14.3 Å². The number of likely N-dealkylation sites (tertiary alicyclic amines) is 1. The van der Waals surface area contributed by atoms with Crippen LogP contribution in [-0.4, -0.2) is 95.0 Å². The van der Waals surface area contributed by atoms with E-state index in [1.54, 1.807) is 6.92 Å². The second-order valence-electron chi connectivity index (χ2n) is 9.94. The van der Waals surface area contributed by atoms with Crippen molar-refractivity contribution in [3.8, 4) is 0 Å². The van der Waals surface area contributed by atoms with E-state index in [1.807, 2.05) is 43.0 Å². The Morgan fingerprint density at radius 2 is 1.74 bits per heavy atom. The standard InChI is InChI=1S/C26H38N6O3/c1-18(2)24(26(34)35-4)29-25-21-7-5-6-8-22(21)27-23(28-25)17-30-13-15-32(16-14-30)20-9-11-31(12-10-20)19(3)33/h5-8,18,20,24H,9-17H2,1-4H3,(H,27,28,29)/t24-/m0/s1. The van der Waals surface area contributed by atoms with E-state index in [1.165, 1.54) is 7.11 Å². The minimum absolute atomic E-state index is 0.0509. The summed E-state index contributed by atoms with van der Waals surface area (Å²) in [5.41, 5.74) is 0.864. The smallest absolute Gasteiger partial charge is 0.328 e. The number of anilines is 1. The fraction of sp³-hybridized carbons (Fsp3) is 0.615. The number of hydrogen-bond acceptors (Lipinski definition) is 8. The van der Waals surface area contributed by atoms with Crippen LogP contribution in [0.2, 0.25) is 0 Å². The van der Waals surface area contributed by atoms with Crippen molar-refractivity contribution in [2.45, 2.75) is 52.2 Å². The lowest BCUT2D eigenvalue weighted by Crippen LogP contribution is -2.53. The van der Waals surface area contributed by atoms with Crippen molar-refractivity contribution in [3.05, 3.63) is 30.1 Å². The first-order chi connectivity index (χ1) is 16.9. The highest BCUT2D eigenvalue weighted by Crippen LogP contribution is 2.24. The van der Waals surface area contributed by atoms with Gasteiger partial charge >= 0.3 is 5.97 Å². The number of benzene rings is 1. The molecule has 0 aliphatic carbocycles. The molecule has 0 spiro atoms. The molecule has 0 radical (unpaired) electrons. The van der Waals surface area contributed by atoms with Gasteiger partial charge < -0.3 is 15.0 Å². The van der Waals surface area contributed by atoms with Gasteiger partial charge in [-0.2, -0.15) is 0 Å². The summed E-state index contributed by atoms with van der Waals surface area (Å²) in [6.07, 6.45) is 2.11. The molecule has 2 fully saturated rings. The molecule has 3 heterocycles. The van der Waals surface area contributed by atoms with Gasteiger partial charge in [0.05, 0.1) is 19.2 Å². The van der Waals surface area contributed by atoms with Gasteiger partial charge in [0.15, 0.2) is 0 Å². The van der Waals surface area contributed by atoms with Gasteiger partial charge in [-0.1, -0.05) is 26.0 Å². The third kappa shape index (κ3) is 6.08. The first-order valence-corrected chi connectivity index (χ1v) is 12.7. The van der Waals surface area contributed by atoms with Crippen molar-refractivity contribution >= 4 is 28.6 Å². The lowest BCUT2D eigenvalue weighted by molar-refractivity contribution is -0.142. The van der Waals surface area contributed by atoms with E-state index >= 15 is 0 Å². The number of esters is 1. The molecule has 2 aliphatic rings. The van der Waals surface area contributed by atoms with E-state index in [0.717, 1.165) is 68.8 Å². The van der Waals surface area contributed by atoms with E-state index in [2.05, 4.69) is 15.1 Å². The van der Waals surface area contributed by atoms with Crippen molar-refractivity contribution in [1.29, 1.82) is 0 Å². The molecule has 9 heteroatoms. The number of rotatable bonds is 7. The minimum atomic E-state index is -0.482. The molecule has 1 atom stereocenters. The maximum atomic E-state index is 12.3. The number of carbonyl (C=O) groups is 2. The van der Waals surface area contributed by atoms with Crippen LogP contribution in [0.15, 0.2) is 24.3 Å². The molecule has 190 valence electrons. The van der Waals surface area contributed by atoms with Crippen LogP contribution in [-0.2, 0) is 20.9 Å². The molecular weight excluding hydrogens is 444 g/mol. The summed E-state index contributed by atoms with van der Waals surface area (Å²) in [5, 5.41) is 4.23. The maximum Gasteiger partial charge on any atom is 0.328 e. The molecule has 1 N–H and O–H groups in total. The van der Waals surface area contributed by atoms with E-state index in [4.69, 9.17) is 14.7 Å². The number of amides is 1. The number of para-hydroxylation sites is 1. The van der Waals surface area contributed by atoms with Gasteiger partial charge in [-0.25, -0.2) is 14.8 Å². The van der Waals surface area contributed by atoms with Crippen molar-refractivity contribution in [1.82, 2.24) is 24.7 Å². The van der Waals surface area contributed by atoms with Crippen molar-refractivity contribution in [2.24, 2.45) is 5.92 Å². The van der Waals surface area contributed by atoms with Crippen LogP contribution in [0, 0.1) is 5.92 Å². The van der Waals surface area contributed by atoms with Crippen LogP contribution < -0.4 is 5.32 Å². The summed E-state index contributed by atoms with van der Waals surface area (Å²) in [7, 11) is 1.41. The Labute approximate surface area is 207 Å². The van der Waals surface area contributed by atoms with Gasteiger partial charge in [-0.3, -0.25) is 14.6 Å². The van der Waals surface area contributed by atoms with Crippen LogP contribution in [0.3, 0.4) is 0 Å². The number of piperidine rings is 1. The van der Waals surface area contributed by atoms with Gasteiger partial charge in [-0.05, 0) is 30.9 Å². The first kappa shape index (κ1) is 25.3. The van der Waals surface area contributed by atoms with Gasteiger partial charge in [0.25, 0.3) is 0 Å². The number of carbonyl (C=O) groups excluding carboxylic acids is 2. The fourth-order valence-electron chi connectivity index (χ4n) is 5.11. The Bertz CT molecular complexity index is 1030. The van der Waals surface area contributed by atoms with E-state index in [-0.39, 0.29) is 17.8 Å². The molecule has 0 unspecified atom stereocenters. The number of methoxy groups -OCH3 is 1. The van der Waals surface area contributed by atoms with Gasteiger partial charge in [-0.15, -0.1) is 0 Å². The maximum absolute atomic E-state index is 12.3. The predicted molar refractivity (Wildman–Crippen MR) is 136 cm³/mol. The number of hydrogen-bond donors (Lipinski definition) is 1. The number of piperazine rings is 1. The minimum Gasteiger partial charge on any atom is -0.467 e. The van der Waals surface area contributed by atoms with Crippen LogP contribution in [0.4, 0.5) is 5.82 Å². The van der Waals surface area contributed by atoms with Gasteiger partial charge in [0, 0.05) is 57.6 Å². The molecule has 1 aromatic heterocycles. The lowest BCUT2D eigenvalue weighted by Gasteiger charge is -2.42. The van der Waals surface area contributed by atoms with Crippen molar-refractivity contribution in [2.75, 3.05) is 51.7 Å². The Morgan fingerprint density at radius 1 is 1.06 bits per heavy atom. The fourth-order valence-corrected chi connectivity index (χ4v) is 5.11. The van der Waals surface area contributed by atoms with Crippen LogP contribution in [0.1, 0.15) is 39.4 Å². The molecule has 9 nitrogen and oxygen atoms in total. The van der Waals surface area contributed by atoms with Crippen LogP contribution in [0.25, 0.3) is 10.9 Å². The number of fused-ring (bicyclic) bond motifs is 1. The molecule has 0 saturated carbocycles. The Kier molecular flexibility index (Phi) is 8.18. The molecule has 2 aliphatic heterocycles. The second-order valence-corrected chi connectivity index (χ2v) is 9.94. The van der Waals surface area contributed by atoms with Gasteiger partial charge in [0.1, 0.15) is 17.7 Å². The topological polar surface area (TPSA) is 90.9 Å². The average Bonchev–Trinajstić information content (AvgIpc) is 2.87. The second kappa shape index (κ2) is 11.3. The van der Waals surface area contributed by atoms with E-state index < -0.39 is 6.04 Å². The zero-order valence-corrected chi connectivity index (χ0v) is 21.4. The molecule has 35 heavy (non-hydrogen) atoms. The van der Waals surface area contributed by atoms with Crippen LogP contribution >= 0.6 is 0 Å². The van der Waals surface area contributed by atoms with E-state index in [9.17, 15) is 9.59 Å². The van der Waals surface area contributed by atoms with Gasteiger partial charge in [0.2, 0.25) is 5.91 Å². The largest absolute Gasteiger partial charge is 0.467 e. The molecule has 0 bridgehead atoms. The monoisotopic (exact) mass is 482 g/mol. The number of ether oxygens (including phenoxy) is 1. The quantitative estimate of drug-likeness (QED) is 0.602. The number of nitrogens with zero attached hydrogens (tertiary/aromatic N) is 5. The third-order valence-electron chi connectivity index (χ3n) is 7.26. The summed E-state index contributed by atoms with van der Waals surface area (Å²) in [4.78, 5) is 40.6. The lowest BCUT2D eigenvalue weighted by atomic mass is 10.0. The summed E-state index contributed by atoms with van der Waals surface area (Å²) in [6, 6.07) is 7.97. The highest BCUT2D eigenvalue weighted by molar-refractivity contribution is 5.91. The van der Waals surface area contributed by atoms with Crippen molar-refractivity contribution in [3.63, 3.8) is 0 Å². The SMILES string of the molecule is COC(=O)[C@@H](Nc1nc(CN2CCN(C3CCN(C(C)=O)CC3)CC2)nc2ccccc12)C(C)C.